The second-order valence-corrected chi connectivity index (χ2v) is 18.7. The van der Waals surface area contributed by atoms with Crippen molar-refractivity contribution in [1.29, 1.82) is 0 Å². The minimum atomic E-state index is -3.88. The van der Waals surface area contributed by atoms with E-state index in [4.69, 9.17) is 14.5 Å². The van der Waals surface area contributed by atoms with Gasteiger partial charge in [0.25, 0.3) is 5.91 Å². The lowest BCUT2D eigenvalue weighted by molar-refractivity contribution is -0.144. The number of allylic oxidation sites excluding steroid dienone is 1. The van der Waals surface area contributed by atoms with Crippen molar-refractivity contribution in [2.24, 2.45) is 11.8 Å². The molecule has 3 aromatic rings. The third-order valence-electron chi connectivity index (χ3n) is 12.4. The van der Waals surface area contributed by atoms with Crippen molar-refractivity contribution in [2.45, 2.75) is 119 Å². The van der Waals surface area contributed by atoms with Crippen molar-refractivity contribution >= 4 is 44.6 Å². The van der Waals surface area contributed by atoms with Gasteiger partial charge in [0.2, 0.25) is 27.7 Å². The quantitative estimate of drug-likeness (QED) is 0.229. The highest BCUT2D eigenvalue weighted by Crippen LogP contribution is 2.46. The summed E-state index contributed by atoms with van der Waals surface area (Å²) in [5.74, 6) is -1.72. The SMILES string of the molecule is COc1ccc2c(O[C@@H]3C[C@H]4C(=O)N[C@]5(C(=O)NS(=O)(=O)C6CC6)C[C@H]5/C=C\CCCCC[C@H](CC(=O)NC5CCCC5)C(=O)N4C3)cc(-c3ccccc3)nc2c1. The number of methoxy groups -OCH3 is 1. The number of rotatable bonds is 10. The molecule has 5 atom stereocenters. The molecule has 0 bridgehead atoms. The predicted molar refractivity (Wildman–Crippen MR) is 218 cm³/mol. The second-order valence-electron chi connectivity index (χ2n) is 16.7. The van der Waals surface area contributed by atoms with Gasteiger partial charge in [0.1, 0.15) is 29.2 Å². The number of aromatic nitrogens is 1. The first-order valence-electron chi connectivity index (χ1n) is 20.9. The zero-order valence-electron chi connectivity index (χ0n) is 33.0. The Hall–Kier alpha value is -4.98. The minimum absolute atomic E-state index is 0.0102. The van der Waals surface area contributed by atoms with Crippen LogP contribution in [0.3, 0.4) is 0 Å². The molecule has 13 nitrogen and oxygen atoms in total. The maximum atomic E-state index is 14.8. The first-order valence-corrected chi connectivity index (χ1v) is 22.4. The van der Waals surface area contributed by atoms with Gasteiger partial charge in [0.15, 0.2) is 0 Å². The molecule has 0 unspecified atom stereocenters. The van der Waals surface area contributed by atoms with Crippen LogP contribution in [0.15, 0.2) is 66.7 Å². The van der Waals surface area contributed by atoms with Gasteiger partial charge in [-0.1, -0.05) is 68.2 Å². The Kier molecular flexibility index (Phi) is 11.5. The van der Waals surface area contributed by atoms with Crippen molar-refractivity contribution in [2.75, 3.05) is 13.7 Å². The number of nitrogens with zero attached hydrogens (tertiary/aromatic N) is 2. The van der Waals surface area contributed by atoms with Gasteiger partial charge in [0.05, 0.1) is 30.1 Å². The second kappa shape index (κ2) is 16.7. The summed E-state index contributed by atoms with van der Waals surface area (Å²) >= 11 is 0. The van der Waals surface area contributed by atoms with Crippen molar-refractivity contribution < 1.29 is 37.1 Å². The zero-order valence-corrected chi connectivity index (χ0v) is 33.8. The Morgan fingerprint density at radius 3 is 2.50 bits per heavy atom. The van der Waals surface area contributed by atoms with E-state index in [-0.39, 0.29) is 43.7 Å². The van der Waals surface area contributed by atoms with Crippen LogP contribution < -0.4 is 24.8 Å². The van der Waals surface area contributed by atoms with Crippen LogP contribution in [0.5, 0.6) is 11.5 Å². The molecule has 3 heterocycles. The number of nitrogens with one attached hydrogen (secondary N) is 3. The molecule has 3 aliphatic carbocycles. The van der Waals surface area contributed by atoms with Crippen LogP contribution in [-0.2, 0) is 29.2 Å². The molecule has 308 valence electrons. The topological polar surface area (TPSA) is 173 Å². The Balaban J connectivity index is 1.11. The lowest BCUT2D eigenvalue weighted by Gasteiger charge is -2.29. The number of ether oxygens (including phenoxy) is 2. The van der Waals surface area contributed by atoms with E-state index in [0.717, 1.165) is 62.3 Å². The smallest absolute Gasteiger partial charge is 0.259 e. The van der Waals surface area contributed by atoms with E-state index < -0.39 is 56.6 Å². The van der Waals surface area contributed by atoms with E-state index in [1.807, 2.05) is 66.7 Å². The summed E-state index contributed by atoms with van der Waals surface area (Å²) in [7, 11) is -2.29. The molecule has 2 aliphatic heterocycles. The molecule has 4 fully saturated rings. The molecule has 3 N–H and O–H groups in total. The third kappa shape index (κ3) is 8.72. The lowest BCUT2D eigenvalue weighted by Crippen LogP contribution is -2.57. The van der Waals surface area contributed by atoms with Crippen LogP contribution >= 0.6 is 0 Å². The van der Waals surface area contributed by atoms with Crippen molar-refractivity contribution in [1.82, 2.24) is 25.2 Å². The fourth-order valence-corrected chi connectivity index (χ4v) is 10.3. The van der Waals surface area contributed by atoms with E-state index >= 15 is 0 Å². The van der Waals surface area contributed by atoms with Gasteiger partial charge >= 0.3 is 0 Å². The summed E-state index contributed by atoms with van der Waals surface area (Å²) in [5, 5.41) is 6.20. The normalized spacial score (nSPS) is 27.4. The number of carbonyl (C=O) groups is 4. The molecular formula is C44H53N5O8S. The summed E-state index contributed by atoms with van der Waals surface area (Å²) in [6.45, 7) is 0.0664. The summed E-state index contributed by atoms with van der Waals surface area (Å²) in [6.07, 6.45) is 12.2. The van der Waals surface area contributed by atoms with Crippen LogP contribution in [0, 0.1) is 11.8 Å². The Morgan fingerprint density at radius 2 is 1.74 bits per heavy atom. The van der Waals surface area contributed by atoms with Gasteiger partial charge in [-0.15, -0.1) is 0 Å². The molecule has 0 radical (unpaired) electrons. The largest absolute Gasteiger partial charge is 0.497 e. The number of fused-ring (bicyclic) bond motifs is 3. The average molecular weight is 812 g/mol. The van der Waals surface area contributed by atoms with Crippen molar-refractivity contribution in [3.63, 3.8) is 0 Å². The molecule has 0 spiro atoms. The van der Waals surface area contributed by atoms with Gasteiger partial charge in [-0.05, 0) is 63.5 Å². The molecule has 5 aliphatic rings. The van der Waals surface area contributed by atoms with E-state index in [2.05, 4.69) is 15.4 Å². The third-order valence-corrected chi connectivity index (χ3v) is 14.3. The molecule has 14 heteroatoms. The molecule has 1 aromatic heterocycles. The summed E-state index contributed by atoms with van der Waals surface area (Å²) in [4.78, 5) is 63.1. The molecule has 4 amide bonds. The highest BCUT2D eigenvalue weighted by Gasteiger charge is 2.62. The molecule has 1 saturated heterocycles. The highest BCUT2D eigenvalue weighted by molar-refractivity contribution is 7.91. The summed E-state index contributed by atoms with van der Waals surface area (Å²) < 4.78 is 40.4. The van der Waals surface area contributed by atoms with Crippen molar-refractivity contribution in [3.8, 4) is 22.8 Å². The molecule has 3 saturated carbocycles. The first-order chi connectivity index (χ1) is 28.0. The van der Waals surface area contributed by atoms with Crippen molar-refractivity contribution in [3.05, 3.63) is 66.7 Å². The lowest BCUT2D eigenvalue weighted by atomic mass is 9.94. The molecular weight excluding hydrogens is 759 g/mol. The van der Waals surface area contributed by atoms with Gasteiger partial charge in [-0.25, -0.2) is 13.4 Å². The maximum Gasteiger partial charge on any atom is 0.259 e. The number of benzene rings is 2. The van der Waals surface area contributed by atoms with Crippen LogP contribution in [0.2, 0.25) is 0 Å². The van der Waals surface area contributed by atoms with Gasteiger partial charge in [0, 0.05) is 53.8 Å². The fourth-order valence-electron chi connectivity index (χ4n) is 8.90. The van der Waals surface area contributed by atoms with E-state index in [0.29, 0.717) is 42.0 Å². The van der Waals surface area contributed by atoms with Crippen LogP contribution in [0.25, 0.3) is 22.2 Å². The molecule has 2 aromatic carbocycles. The highest BCUT2D eigenvalue weighted by atomic mass is 32.2. The number of hydrogen-bond donors (Lipinski definition) is 3. The minimum Gasteiger partial charge on any atom is -0.497 e. The average Bonchev–Trinajstić information content (AvgIpc) is 4.09. The first kappa shape index (κ1) is 39.8. The standard InChI is InChI=1S/C44H53N5O8S/c1-56-32-18-21-35-37(23-32)46-36(28-12-7-5-8-13-28)25-39(35)57-33-24-38-41(51)47-44(43(53)48-58(54,55)34-19-20-34)26-30(44)15-9-4-2-3-6-14-29(42(52)49(38)27-33)22-40(50)45-31-16-10-11-17-31/h5,7-9,12-13,15,18,21,23,25,29-31,33-34,38H,2-4,6,10-11,14,16-17,19-20,22,24,26-27H2,1H3,(H,45,50)(H,47,51)(H,48,53)/b15-9-/t29-,30-,33-,38+,44-/m1/s1. The summed E-state index contributed by atoms with van der Waals surface area (Å²) in [6, 6.07) is 16.2. The van der Waals surface area contributed by atoms with E-state index in [1.54, 1.807) is 7.11 Å². The summed E-state index contributed by atoms with van der Waals surface area (Å²) in [5.41, 5.74) is 0.722. The zero-order chi connectivity index (χ0) is 40.4. The number of carbonyl (C=O) groups excluding carboxylic acids is 4. The van der Waals surface area contributed by atoms with Gasteiger partial charge in [-0.2, -0.15) is 0 Å². The Labute approximate surface area is 339 Å². The van der Waals surface area contributed by atoms with Crippen LogP contribution in [0.4, 0.5) is 0 Å². The maximum absolute atomic E-state index is 14.8. The predicted octanol–water partition coefficient (Wildman–Crippen LogP) is 5.33. The Morgan fingerprint density at radius 1 is 0.966 bits per heavy atom. The number of hydrogen-bond acceptors (Lipinski definition) is 9. The molecule has 8 rings (SSSR count). The van der Waals surface area contributed by atoms with E-state index in [9.17, 15) is 27.6 Å². The number of pyridine rings is 1. The van der Waals surface area contributed by atoms with Gasteiger partial charge in [-0.3, -0.25) is 23.9 Å². The Bertz CT molecular complexity index is 2190. The van der Waals surface area contributed by atoms with E-state index in [1.165, 1.54) is 4.90 Å². The van der Waals surface area contributed by atoms with Gasteiger partial charge < -0.3 is 25.0 Å². The van der Waals surface area contributed by atoms with Crippen LogP contribution in [-0.4, -0.2) is 84.6 Å². The number of sulfonamides is 1. The van der Waals surface area contributed by atoms with Crippen LogP contribution in [0.1, 0.15) is 89.9 Å². The fraction of sp³-hybridized carbons (Fsp3) is 0.523. The number of amides is 4. The monoisotopic (exact) mass is 811 g/mol. The molecule has 58 heavy (non-hydrogen) atoms.